The lowest BCUT2D eigenvalue weighted by atomic mass is 9.97. The molecule has 0 aromatic rings. The molecule has 0 aromatic heterocycles. The number of aliphatic imine (C=N–C) groups is 1. The predicted molar refractivity (Wildman–Crippen MR) is 98.4 cm³/mol. The summed E-state index contributed by atoms with van der Waals surface area (Å²) in [5.41, 5.74) is -2.88. The fraction of sp³-hybridized carbons (Fsp3) is 0.529. The van der Waals surface area contributed by atoms with Crippen LogP contribution in [0.1, 0.15) is 6.92 Å². The van der Waals surface area contributed by atoms with Crippen molar-refractivity contribution < 1.29 is 47.8 Å². The summed E-state index contributed by atoms with van der Waals surface area (Å²) < 4.78 is 15.6. The molecule has 0 aliphatic carbocycles. The number of nitrogens with zero attached hydrogens (tertiary/aromatic N) is 5. The number of hydrogen-bond acceptors (Lipinski definition) is 11. The number of carbonyl (C=O) groups is 7. The molecule has 3 rings (SSSR count). The van der Waals surface area contributed by atoms with Crippen LogP contribution in [0.15, 0.2) is 4.99 Å². The Balaban J connectivity index is 2.20. The van der Waals surface area contributed by atoms with E-state index in [4.69, 9.17) is 14.2 Å². The van der Waals surface area contributed by atoms with Crippen LogP contribution in [0.2, 0.25) is 0 Å². The minimum atomic E-state index is -2.97. The predicted octanol–water partition coefficient (Wildman–Crippen LogP) is -2.47. The standard InChI is InChI=1S/C17H19N5O10/c1-6-30-8(23)7-18-9-16(10(24)19(2)14(28)20(3)11(16)25)32-17(31-9)12(26)21(4)15(29)22(5)13(17)27/h6-7H2,1-5H3. The molecule has 32 heavy (non-hydrogen) atoms. The molecule has 0 bridgehead atoms. The molecule has 0 N–H and O–H groups in total. The van der Waals surface area contributed by atoms with Gasteiger partial charge < -0.3 is 9.47 Å². The lowest BCUT2D eigenvalue weighted by Gasteiger charge is -2.39. The minimum Gasteiger partial charge on any atom is -0.465 e. The molecule has 2 spiro atoms. The number of amides is 8. The summed E-state index contributed by atoms with van der Waals surface area (Å²) in [6.45, 7) is 0.768. The van der Waals surface area contributed by atoms with Crippen LogP contribution in [0.3, 0.4) is 0 Å². The summed E-state index contributed by atoms with van der Waals surface area (Å²) in [5, 5.41) is 0. The van der Waals surface area contributed by atoms with Gasteiger partial charge in [-0.1, -0.05) is 0 Å². The fourth-order valence-electron chi connectivity index (χ4n) is 3.31. The number of ether oxygens (including phenoxy) is 3. The first kappa shape index (κ1) is 22.8. The monoisotopic (exact) mass is 453 g/mol. The van der Waals surface area contributed by atoms with Crippen molar-refractivity contribution in [2.24, 2.45) is 4.99 Å². The zero-order chi connectivity index (χ0) is 24.2. The highest BCUT2D eigenvalue weighted by atomic mass is 16.8. The molecule has 3 saturated heterocycles. The minimum absolute atomic E-state index is 0.00261. The SMILES string of the molecule is CCOC(=O)CN=C1OC2(OC13C(=O)N(C)C(=O)N(C)C3=O)C(=O)N(C)C(=O)N(C)C2=O. The number of likely N-dealkylation sites (N-methyl/N-ethyl adjacent to an activating group) is 4. The van der Waals surface area contributed by atoms with Crippen molar-refractivity contribution in [2.45, 2.75) is 18.3 Å². The first-order chi connectivity index (χ1) is 14.9. The third kappa shape index (κ3) is 2.77. The van der Waals surface area contributed by atoms with Crippen LogP contribution < -0.4 is 0 Å². The summed E-state index contributed by atoms with van der Waals surface area (Å²) in [7, 11) is 4.10. The number of barbiturate groups is 2. The summed E-state index contributed by atoms with van der Waals surface area (Å²) in [4.78, 5) is 93.9. The van der Waals surface area contributed by atoms with Crippen molar-refractivity contribution >= 4 is 47.6 Å². The van der Waals surface area contributed by atoms with Gasteiger partial charge in [-0.2, -0.15) is 0 Å². The molecular formula is C17H19N5O10. The molecule has 0 radical (unpaired) electrons. The van der Waals surface area contributed by atoms with E-state index in [1.54, 1.807) is 0 Å². The highest BCUT2D eigenvalue weighted by molar-refractivity contribution is 6.36. The Morgan fingerprint density at radius 1 is 0.844 bits per heavy atom. The van der Waals surface area contributed by atoms with E-state index in [-0.39, 0.29) is 6.61 Å². The van der Waals surface area contributed by atoms with E-state index in [0.717, 1.165) is 28.2 Å². The van der Waals surface area contributed by atoms with Gasteiger partial charge in [-0.3, -0.25) is 48.3 Å². The second-order valence-electron chi connectivity index (χ2n) is 6.95. The van der Waals surface area contributed by atoms with E-state index in [0.29, 0.717) is 19.6 Å². The highest BCUT2D eigenvalue weighted by Gasteiger charge is 2.77. The molecular weight excluding hydrogens is 434 g/mol. The van der Waals surface area contributed by atoms with Gasteiger partial charge in [-0.15, -0.1) is 0 Å². The Morgan fingerprint density at radius 2 is 1.28 bits per heavy atom. The van der Waals surface area contributed by atoms with Crippen molar-refractivity contribution in [1.29, 1.82) is 0 Å². The summed E-state index contributed by atoms with van der Waals surface area (Å²) >= 11 is 0. The van der Waals surface area contributed by atoms with E-state index in [2.05, 4.69) is 4.99 Å². The van der Waals surface area contributed by atoms with E-state index in [1.165, 1.54) is 6.92 Å². The van der Waals surface area contributed by atoms with E-state index < -0.39 is 65.5 Å². The molecule has 0 aromatic carbocycles. The molecule has 8 amide bonds. The Bertz CT molecular complexity index is 956. The van der Waals surface area contributed by atoms with Crippen LogP contribution in [-0.2, 0) is 38.2 Å². The maximum atomic E-state index is 13.1. The quantitative estimate of drug-likeness (QED) is 0.329. The number of rotatable bonds is 3. The van der Waals surface area contributed by atoms with E-state index in [1.807, 2.05) is 0 Å². The maximum Gasteiger partial charge on any atom is 0.377 e. The van der Waals surface area contributed by atoms with Crippen molar-refractivity contribution in [2.75, 3.05) is 41.3 Å². The molecule has 0 unspecified atom stereocenters. The summed E-state index contributed by atoms with van der Waals surface area (Å²) in [6.07, 6.45) is 0. The molecule has 15 nitrogen and oxygen atoms in total. The third-order valence-electron chi connectivity index (χ3n) is 5.03. The maximum absolute atomic E-state index is 13.1. The Kier molecular flexibility index (Phi) is 5.25. The molecule has 0 atom stereocenters. The van der Waals surface area contributed by atoms with Crippen LogP contribution in [0.25, 0.3) is 0 Å². The van der Waals surface area contributed by atoms with Gasteiger partial charge in [0.2, 0.25) is 5.90 Å². The molecule has 15 heteroatoms. The first-order valence-electron chi connectivity index (χ1n) is 9.17. The number of imide groups is 4. The lowest BCUT2D eigenvalue weighted by molar-refractivity contribution is -0.216. The van der Waals surface area contributed by atoms with Gasteiger partial charge >= 0.3 is 41.2 Å². The van der Waals surface area contributed by atoms with Gasteiger partial charge in [0.1, 0.15) is 6.54 Å². The number of urea groups is 2. The smallest absolute Gasteiger partial charge is 0.377 e. The van der Waals surface area contributed by atoms with Crippen LogP contribution in [0, 0.1) is 0 Å². The number of carbonyl (C=O) groups excluding carboxylic acids is 7. The molecule has 3 aliphatic heterocycles. The summed E-state index contributed by atoms with van der Waals surface area (Å²) in [6, 6.07) is -2.04. The molecule has 172 valence electrons. The van der Waals surface area contributed by atoms with Gasteiger partial charge in [-0.05, 0) is 6.92 Å². The van der Waals surface area contributed by atoms with Gasteiger partial charge in [0.05, 0.1) is 6.61 Å². The largest absolute Gasteiger partial charge is 0.465 e. The average Bonchev–Trinajstić information content (AvgIpc) is 3.13. The lowest BCUT2D eigenvalue weighted by Crippen LogP contribution is -2.72. The second-order valence-corrected chi connectivity index (χ2v) is 6.95. The van der Waals surface area contributed by atoms with Gasteiger partial charge in [0, 0.05) is 28.2 Å². The van der Waals surface area contributed by atoms with Crippen LogP contribution >= 0.6 is 0 Å². The number of esters is 1. The second kappa shape index (κ2) is 7.37. The normalized spacial score (nSPS) is 23.7. The molecule has 3 fully saturated rings. The Labute approximate surface area is 180 Å². The zero-order valence-corrected chi connectivity index (χ0v) is 17.7. The molecule has 0 saturated carbocycles. The van der Waals surface area contributed by atoms with Crippen LogP contribution in [0.5, 0.6) is 0 Å². The molecule has 3 heterocycles. The van der Waals surface area contributed by atoms with E-state index >= 15 is 0 Å². The number of hydrogen-bond donors (Lipinski definition) is 0. The molecule has 3 aliphatic rings. The Morgan fingerprint density at radius 3 is 1.72 bits per heavy atom. The van der Waals surface area contributed by atoms with Crippen LogP contribution in [-0.4, -0.2) is 120 Å². The highest BCUT2D eigenvalue weighted by Crippen LogP contribution is 2.42. The van der Waals surface area contributed by atoms with Crippen molar-refractivity contribution in [3.05, 3.63) is 0 Å². The summed E-state index contributed by atoms with van der Waals surface area (Å²) in [5.74, 6) is -10.1. The van der Waals surface area contributed by atoms with Crippen molar-refractivity contribution in [1.82, 2.24) is 19.6 Å². The first-order valence-corrected chi connectivity index (χ1v) is 9.17. The van der Waals surface area contributed by atoms with Crippen molar-refractivity contribution in [3.63, 3.8) is 0 Å². The Hall–Kier alpha value is -3.88. The topological polar surface area (TPSA) is 172 Å². The van der Waals surface area contributed by atoms with E-state index in [9.17, 15) is 33.6 Å². The van der Waals surface area contributed by atoms with Crippen LogP contribution in [0.4, 0.5) is 9.59 Å². The van der Waals surface area contributed by atoms with Crippen molar-refractivity contribution in [3.8, 4) is 0 Å². The van der Waals surface area contributed by atoms with Gasteiger partial charge in [0.25, 0.3) is 11.8 Å². The van der Waals surface area contributed by atoms with Gasteiger partial charge in [0.15, 0.2) is 0 Å². The fourth-order valence-corrected chi connectivity index (χ4v) is 3.31. The average molecular weight is 453 g/mol. The zero-order valence-electron chi connectivity index (χ0n) is 17.7. The third-order valence-corrected chi connectivity index (χ3v) is 5.03. The van der Waals surface area contributed by atoms with Gasteiger partial charge in [-0.25, -0.2) is 14.6 Å².